The van der Waals surface area contributed by atoms with Crippen LogP contribution in [0, 0.1) is 10.1 Å². The van der Waals surface area contributed by atoms with Gasteiger partial charge in [0, 0.05) is 0 Å². The summed E-state index contributed by atoms with van der Waals surface area (Å²) in [5, 5.41) is 11.3. The average molecular weight is 325 g/mol. The van der Waals surface area contributed by atoms with Crippen LogP contribution in [0.1, 0.15) is 5.69 Å². The fourth-order valence-electron chi connectivity index (χ4n) is 1.39. The molecule has 8 heteroatoms. The van der Waals surface area contributed by atoms with Crippen LogP contribution in [0.25, 0.3) is 5.65 Å². The Morgan fingerprint density at radius 3 is 2.88 bits per heavy atom. The highest BCUT2D eigenvalue weighted by atomic mass is 79.9. The third-order valence-corrected chi connectivity index (χ3v) is 3.03. The summed E-state index contributed by atoms with van der Waals surface area (Å²) >= 11 is 14.7. The highest BCUT2D eigenvalue weighted by Crippen LogP contribution is 2.29. The van der Waals surface area contributed by atoms with Gasteiger partial charge in [-0.15, -0.1) is 11.6 Å². The lowest BCUT2D eigenvalue weighted by atomic mass is 10.4. The van der Waals surface area contributed by atoms with Gasteiger partial charge in [0.25, 0.3) is 0 Å². The molecule has 0 fully saturated rings. The molecule has 0 N–H and O–H groups in total. The fourth-order valence-corrected chi connectivity index (χ4v) is 2.44. The maximum atomic E-state index is 10.9. The second-order valence-electron chi connectivity index (χ2n) is 2.97. The van der Waals surface area contributed by atoms with Gasteiger partial charge < -0.3 is 10.1 Å². The van der Waals surface area contributed by atoms with E-state index in [0.29, 0.717) is 15.1 Å². The second kappa shape index (κ2) is 4.20. The molecule has 5 nitrogen and oxygen atoms in total. The van der Waals surface area contributed by atoms with E-state index < -0.39 is 4.92 Å². The van der Waals surface area contributed by atoms with E-state index in [2.05, 4.69) is 20.9 Å². The number of halogens is 3. The summed E-state index contributed by atoms with van der Waals surface area (Å²) in [6, 6.07) is 1.62. The van der Waals surface area contributed by atoms with Gasteiger partial charge in [-0.3, -0.25) is 0 Å². The van der Waals surface area contributed by atoms with E-state index in [9.17, 15) is 10.1 Å². The predicted molar refractivity (Wildman–Crippen MR) is 64.1 cm³/mol. The van der Waals surface area contributed by atoms with Crippen molar-refractivity contribution in [2.45, 2.75) is 5.88 Å². The molecule has 0 unspecified atom stereocenters. The van der Waals surface area contributed by atoms with Crippen LogP contribution in [0.2, 0.25) is 5.02 Å². The number of nitro groups is 1. The number of imidazole rings is 1. The standard InChI is InChI=1S/C8H4BrCl2N3O2/c9-5-1-4(11)3-13-7(5)12-6(2-10)8(13)14(15)16/h1,3H,2H2. The number of alkyl halides is 1. The minimum absolute atomic E-state index is 0.0257. The molecule has 0 saturated carbocycles. The maximum absolute atomic E-state index is 10.9. The lowest BCUT2D eigenvalue weighted by Gasteiger charge is -1.96. The van der Waals surface area contributed by atoms with Crippen LogP contribution in [0.15, 0.2) is 16.7 Å². The third kappa shape index (κ3) is 1.77. The number of nitrogens with zero attached hydrogens (tertiary/aromatic N) is 3. The Kier molecular flexibility index (Phi) is 3.05. The number of aromatic nitrogens is 2. The first kappa shape index (κ1) is 11.6. The van der Waals surface area contributed by atoms with E-state index in [1.54, 1.807) is 6.07 Å². The van der Waals surface area contributed by atoms with E-state index in [-0.39, 0.29) is 17.4 Å². The van der Waals surface area contributed by atoms with Crippen LogP contribution >= 0.6 is 39.1 Å². The molecule has 0 radical (unpaired) electrons. The summed E-state index contributed by atoms with van der Waals surface area (Å²) in [6.45, 7) is 0. The quantitative estimate of drug-likeness (QED) is 0.483. The number of hydrogen-bond donors (Lipinski definition) is 0. The monoisotopic (exact) mass is 323 g/mol. The van der Waals surface area contributed by atoms with E-state index in [0.717, 1.165) is 0 Å². The van der Waals surface area contributed by atoms with Crippen molar-refractivity contribution in [1.82, 2.24) is 9.38 Å². The van der Waals surface area contributed by atoms with Crippen LogP contribution in [-0.4, -0.2) is 14.3 Å². The Morgan fingerprint density at radius 2 is 2.31 bits per heavy atom. The zero-order chi connectivity index (χ0) is 11.9. The first-order chi connectivity index (χ1) is 7.54. The summed E-state index contributed by atoms with van der Waals surface area (Å²) in [5.41, 5.74) is 0.640. The lowest BCUT2D eigenvalue weighted by molar-refractivity contribution is -0.391. The van der Waals surface area contributed by atoms with E-state index in [4.69, 9.17) is 23.2 Å². The van der Waals surface area contributed by atoms with Gasteiger partial charge in [0.15, 0.2) is 5.69 Å². The highest BCUT2D eigenvalue weighted by Gasteiger charge is 2.23. The molecule has 0 aliphatic carbocycles. The second-order valence-corrected chi connectivity index (χ2v) is 4.53. The lowest BCUT2D eigenvalue weighted by Crippen LogP contribution is -1.96. The molecule has 0 atom stereocenters. The van der Waals surface area contributed by atoms with Gasteiger partial charge in [0.05, 0.1) is 15.4 Å². The smallest absolute Gasteiger partial charge is 0.352 e. The molecular weight excluding hydrogens is 321 g/mol. The van der Waals surface area contributed by atoms with Crippen molar-refractivity contribution in [3.8, 4) is 0 Å². The fraction of sp³-hybridized carbons (Fsp3) is 0.125. The largest absolute Gasteiger partial charge is 0.358 e. The molecular formula is C8H4BrCl2N3O2. The van der Waals surface area contributed by atoms with Crippen molar-refractivity contribution < 1.29 is 4.92 Å². The van der Waals surface area contributed by atoms with E-state index in [1.807, 2.05) is 0 Å². The van der Waals surface area contributed by atoms with Gasteiger partial charge in [-0.1, -0.05) is 11.6 Å². The third-order valence-electron chi connectivity index (χ3n) is 1.99. The van der Waals surface area contributed by atoms with Gasteiger partial charge >= 0.3 is 5.82 Å². The van der Waals surface area contributed by atoms with Gasteiger partial charge in [-0.2, -0.15) is 4.40 Å². The first-order valence-corrected chi connectivity index (χ1v) is 5.81. The molecule has 16 heavy (non-hydrogen) atoms. The summed E-state index contributed by atoms with van der Waals surface area (Å²) in [5.74, 6) is -0.185. The Bertz CT molecular complexity index is 584. The van der Waals surface area contributed by atoms with Crippen molar-refractivity contribution in [1.29, 1.82) is 0 Å². The van der Waals surface area contributed by atoms with Crippen molar-refractivity contribution in [2.24, 2.45) is 0 Å². The molecule has 0 aromatic carbocycles. The van der Waals surface area contributed by atoms with Gasteiger partial charge in [0.2, 0.25) is 5.65 Å². The minimum atomic E-state index is -0.527. The summed E-state index contributed by atoms with van der Waals surface area (Å²) in [4.78, 5) is 14.5. The number of pyridine rings is 1. The van der Waals surface area contributed by atoms with E-state index >= 15 is 0 Å². The van der Waals surface area contributed by atoms with Gasteiger partial charge in [0.1, 0.15) is 6.20 Å². The van der Waals surface area contributed by atoms with Crippen LogP contribution in [0.5, 0.6) is 0 Å². The average Bonchev–Trinajstić information content (AvgIpc) is 2.56. The zero-order valence-electron chi connectivity index (χ0n) is 7.65. The molecule has 2 aromatic heterocycles. The van der Waals surface area contributed by atoms with Crippen LogP contribution in [0.3, 0.4) is 0 Å². The highest BCUT2D eigenvalue weighted by molar-refractivity contribution is 9.10. The number of fused-ring (bicyclic) bond motifs is 1. The summed E-state index contributed by atoms with van der Waals surface area (Å²) < 4.78 is 1.89. The number of rotatable bonds is 2. The molecule has 0 bridgehead atoms. The van der Waals surface area contributed by atoms with Crippen molar-refractivity contribution in [3.05, 3.63) is 37.6 Å². The molecule has 0 spiro atoms. The van der Waals surface area contributed by atoms with Crippen LogP contribution in [0.4, 0.5) is 5.82 Å². The topological polar surface area (TPSA) is 60.4 Å². The van der Waals surface area contributed by atoms with Crippen molar-refractivity contribution >= 4 is 50.6 Å². The Balaban J connectivity index is 2.89. The summed E-state index contributed by atoms with van der Waals surface area (Å²) in [7, 11) is 0. The Labute approximate surface area is 108 Å². The van der Waals surface area contributed by atoms with Crippen LogP contribution in [-0.2, 0) is 5.88 Å². The molecule has 2 aromatic rings. The molecule has 0 aliphatic heterocycles. The predicted octanol–water partition coefficient (Wildman–Crippen LogP) is 3.40. The van der Waals surface area contributed by atoms with Crippen LogP contribution < -0.4 is 0 Å². The molecule has 2 heterocycles. The van der Waals surface area contributed by atoms with Crippen molar-refractivity contribution in [3.63, 3.8) is 0 Å². The maximum Gasteiger partial charge on any atom is 0.352 e. The zero-order valence-corrected chi connectivity index (χ0v) is 10.8. The SMILES string of the molecule is O=[N+]([O-])c1c(CCl)nc2c(Br)cc(Cl)cn12. The molecule has 0 amide bonds. The molecule has 84 valence electrons. The minimum Gasteiger partial charge on any atom is -0.358 e. The molecule has 0 saturated heterocycles. The normalized spacial score (nSPS) is 10.9. The molecule has 0 aliphatic rings. The first-order valence-electron chi connectivity index (χ1n) is 4.11. The van der Waals surface area contributed by atoms with Gasteiger partial charge in [-0.25, -0.2) is 4.98 Å². The van der Waals surface area contributed by atoms with Crippen molar-refractivity contribution in [2.75, 3.05) is 0 Å². The molecule has 2 rings (SSSR count). The van der Waals surface area contributed by atoms with Gasteiger partial charge in [-0.05, 0) is 26.9 Å². The van der Waals surface area contributed by atoms with E-state index in [1.165, 1.54) is 10.6 Å². The summed E-state index contributed by atoms with van der Waals surface area (Å²) in [6.07, 6.45) is 1.43. The Morgan fingerprint density at radius 1 is 1.62 bits per heavy atom. The Hall–Kier alpha value is -0.850. The number of hydrogen-bond acceptors (Lipinski definition) is 3.